The molecule has 0 fully saturated rings. The number of sulfonamides is 1. The standard InChI is InChI=1S/C21H19NO7S/c1-2-9-22-30(25,26)17-6-3-5-16(12-17)21(24)29-14-18(23)15-7-8-19-20(13-15)28-11-4-10-27-19/h1,3,5-8,12-13,22H,4,9-11,14H2. The molecule has 9 heteroatoms. The zero-order valence-corrected chi connectivity index (χ0v) is 16.7. The van der Waals surface area contributed by atoms with E-state index in [1.807, 2.05) is 0 Å². The van der Waals surface area contributed by atoms with Gasteiger partial charge in [-0.25, -0.2) is 13.2 Å². The van der Waals surface area contributed by atoms with Crippen molar-refractivity contribution in [3.05, 3.63) is 53.6 Å². The van der Waals surface area contributed by atoms with Crippen molar-refractivity contribution in [3.8, 4) is 23.8 Å². The molecule has 0 saturated heterocycles. The summed E-state index contributed by atoms with van der Waals surface area (Å²) in [7, 11) is -3.86. The van der Waals surface area contributed by atoms with Crippen molar-refractivity contribution in [1.82, 2.24) is 4.72 Å². The summed E-state index contributed by atoms with van der Waals surface area (Å²) in [6, 6.07) is 9.99. The Morgan fingerprint density at radius 1 is 1.07 bits per heavy atom. The van der Waals surface area contributed by atoms with E-state index < -0.39 is 28.4 Å². The first-order valence-corrected chi connectivity index (χ1v) is 10.5. The molecule has 0 atom stereocenters. The molecule has 8 nitrogen and oxygen atoms in total. The zero-order valence-electron chi connectivity index (χ0n) is 15.9. The topological polar surface area (TPSA) is 108 Å². The number of hydrogen-bond donors (Lipinski definition) is 1. The average molecular weight is 429 g/mol. The van der Waals surface area contributed by atoms with E-state index in [-0.39, 0.29) is 17.0 Å². The molecule has 0 aromatic heterocycles. The van der Waals surface area contributed by atoms with Crippen molar-refractivity contribution < 1.29 is 32.2 Å². The van der Waals surface area contributed by atoms with E-state index in [1.165, 1.54) is 18.2 Å². The van der Waals surface area contributed by atoms with Gasteiger partial charge in [0.15, 0.2) is 23.9 Å². The van der Waals surface area contributed by atoms with Crippen LogP contribution in [0.15, 0.2) is 47.4 Å². The number of benzene rings is 2. The van der Waals surface area contributed by atoms with Gasteiger partial charge in [0.1, 0.15) is 0 Å². The second kappa shape index (κ2) is 9.43. The lowest BCUT2D eigenvalue weighted by atomic mass is 10.1. The van der Waals surface area contributed by atoms with Crippen LogP contribution in [0.2, 0.25) is 0 Å². The fourth-order valence-corrected chi connectivity index (χ4v) is 3.62. The number of terminal acetylenes is 1. The molecule has 0 radical (unpaired) electrons. The van der Waals surface area contributed by atoms with E-state index in [0.717, 1.165) is 12.5 Å². The molecule has 3 rings (SSSR count). The first kappa shape index (κ1) is 21.4. The van der Waals surface area contributed by atoms with Crippen LogP contribution in [-0.4, -0.2) is 46.5 Å². The molecule has 1 heterocycles. The largest absolute Gasteiger partial charge is 0.490 e. The van der Waals surface area contributed by atoms with Crippen LogP contribution in [0.5, 0.6) is 11.5 Å². The van der Waals surface area contributed by atoms with Gasteiger partial charge in [-0.3, -0.25) is 4.79 Å². The van der Waals surface area contributed by atoms with Crippen molar-refractivity contribution in [2.24, 2.45) is 0 Å². The first-order valence-electron chi connectivity index (χ1n) is 9.04. The fraction of sp³-hybridized carbons (Fsp3) is 0.238. The quantitative estimate of drug-likeness (QED) is 0.406. The molecule has 0 saturated carbocycles. The summed E-state index contributed by atoms with van der Waals surface area (Å²) in [6.07, 6.45) is 5.79. The van der Waals surface area contributed by atoms with Crippen molar-refractivity contribution in [2.45, 2.75) is 11.3 Å². The molecule has 1 N–H and O–H groups in total. The minimum Gasteiger partial charge on any atom is -0.490 e. The highest BCUT2D eigenvalue weighted by Crippen LogP contribution is 2.30. The highest BCUT2D eigenvalue weighted by Gasteiger charge is 2.18. The SMILES string of the molecule is C#CCNS(=O)(=O)c1cccc(C(=O)OCC(=O)c2ccc3c(c2)OCCCO3)c1. The van der Waals surface area contributed by atoms with E-state index in [2.05, 4.69) is 10.6 Å². The summed E-state index contributed by atoms with van der Waals surface area (Å²) < 4.78 is 42.6. The third kappa shape index (κ3) is 5.17. The number of Topliss-reactive ketones (excluding diaryl/α,β-unsaturated/α-hetero) is 1. The second-order valence-electron chi connectivity index (χ2n) is 6.27. The number of fused-ring (bicyclic) bond motifs is 1. The molecule has 2 aromatic rings. The monoisotopic (exact) mass is 429 g/mol. The number of esters is 1. The van der Waals surface area contributed by atoms with Crippen LogP contribution in [0.25, 0.3) is 0 Å². The van der Waals surface area contributed by atoms with Gasteiger partial charge in [0.05, 0.1) is 30.2 Å². The molecule has 0 spiro atoms. The third-order valence-corrected chi connectivity index (χ3v) is 5.55. The minimum absolute atomic E-state index is 0.00922. The van der Waals surface area contributed by atoms with E-state index in [1.54, 1.807) is 18.2 Å². The number of rotatable bonds is 7. The first-order chi connectivity index (χ1) is 14.4. The number of ketones is 1. The van der Waals surface area contributed by atoms with Crippen LogP contribution in [0.3, 0.4) is 0 Å². The summed E-state index contributed by atoms with van der Waals surface area (Å²) >= 11 is 0. The zero-order chi connectivity index (χ0) is 21.6. The number of hydrogen-bond acceptors (Lipinski definition) is 7. The lowest BCUT2D eigenvalue weighted by molar-refractivity contribution is 0.0474. The Morgan fingerprint density at radius 2 is 1.83 bits per heavy atom. The number of ether oxygens (including phenoxy) is 3. The highest BCUT2D eigenvalue weighted by atomic mass is 32.2. The van der Waals surface area contributed by atoms with E-state index in [9.17, 15) is 18.0 Å². The maximum atomic E-state index is 12.4. The van der Waals surface area contributed by atoms with Crippen LogP contribution < -0.4 is 14.2 Å². The van der Waals surface area contributed by atoms with Gasteiger partial charge in [-0.1, -0.05) is 12.0 Å². The summed E-state index contributed by atoms with van der Waals surface area (Å²) in [5.74, 6) is 1.92. The summed E-state index contributed by atoms with van der Waals surface area (Å²) in [5.41, 5.74) is 0.298. The van der Waals surface area contributed by atoms with Crippen molar-refractivity contribution >= 4 is 21.8 Å². The highest BCUT2D eigenvalue weighted by molar-refractivity contribution is 7.89. The van der Waals surface area contributed by atoms with Gasteiger partial charge in [0, 0.05) is 12.0 Å². The van der Waals surface area contributed by atoms with Crippen LogP contribution >= 0.6 is 0 Å². The fourth-order valence-electron chi connectivity index (χ4n) is 2.64. The van der Waals surface area contributed by atoms with Gasteiger partial charge in [0.2, 0.25) is 10.0 Å². The van der Waals surface area contributed by atoms with Crippen LogP contribution in [0, 0.1) is 12.3 Å². The molecule has 30 heavy (non-hydrogen) atoms. The van der Waals surface area contributed by atoms with Crippen molar-refractivity contribution in [1.29, 1.82) is 0 Å². The number of carbonyl (C=O) groups excluding carboxylic acids is 2. The second-order valence-corrected chi connectivity index (χ2v) is 8.03. The smallest absolute Gasteiger partial charge is 0.338 e. The molecular weight excluding hydrogens is 410 g/mol. The normalized spacial score (nSPS) is 13.0. The Morgan fingerprint density at radius 3 is 2.60 bits per heavy atom. The molecule has 0 aliphatic carbocycles. The predicted molar refractivity (Wildman–Crippen MR) is 107 cm³/mol. The van der Waals surface area contributed by atoms with Gasteiger partial charge < -0.3 is 14.2 Å². The van der Waals surface area contributed by atoms with Gasteiger partial charge >= 0.3 is 5.97 Å². The van der Waals surface area contributed by atoms with Gasteiger partial charge in [-0.05, 0) is 36.4 Å². The summed E-state index contributed by atoms with van der Waals surface area (Å²) in [4.78, 5) is 24.5. The third-order valence-electron chi connectivity index (χ3n) is 4.15. The van der Waals surface area contributed by atoms with Crippen molar-refractivity contribution in [3.63, 3.8) is 0 Å². The number of carbonyl (C=O) groups is 2. The number of nitrogens with one attached hydrogen (secondary N) is 1. The van der Waals surface area contributed by atoms with Crippen molar-refractivity contribution in [2.75, 3.05) is 26.4 Å². The van der Waals surface area contributed by atoms with E-state index in [4.69, 9.17) is 20.6 Å². The molecule has 156 valence electrons. The Balaban J connectivity index is 1.66. The summed E-state index contributed by atoms with van der Waals surface area (Å²) in [5, 5.41) is 0. The Kier molecular flexibility index (Phi) is 6.72. The average Bonchev–Trinajstić information content (AvgIpc) is 3.00. The van der Waals surface area contributed by atoms with E-state index >= 15 is 0 Å². The van der Waals surface area contributed by atoms with E-state index in [0.29, 0.717) is 30.3 Å². The molecule has 1 aliphatic heterocycles. The Bertz CT molecular complexity index is 1100. The molecule has 0 amide bonds. The van der Waals surface area contributed by atoms with Crippen LogP contribution in [-0.2, 0) is 14.8 Å². The van der Waals surface area contributed by atoms with Gasteiger partial charge in [-0.2, -0.15) is 4.72 Å². The maximum Gasteiger partial charge on any atom is 0.338 e. The predicted octanol–water partition coefficient (Wildman–Crippen LogP) is 1.80. The molecule has 0 bridgehead atoms. The minimum atomic E-state index is -3.86. The molecule has 1 aliphatic rings. The summed E-state index contributed by atoms with van der Waals surface area (Å²) in [6.45, 7) is 0.325. The van der Waals surface area contributed by atoms with Gasteiger partial charge in [0.25, 0.3) is 0 Å². The maximum absolute atomic E-state index is 12.4. The van der Waals surface area contributed by atoms with Crippen LogP contribution in [0.1, 0.15) is 27.1 Å². The lowest BCUT2D eigenvalue weighted by Gasteiger charge is -2.10. The molecular formula is C21H19NO7S. The molecule has 0 unspecified atom stereocenters. The Labute approximate surface area is 174 Å². The molecule has 2 aromatic carbocycles. The van der Waals surface area contributed by atoms with Crippen LogP contribution in [0.4, 0.5) is 0 Å². The van der Waals surface area contributed by atoms with Gasteiger partial charge in [-0.15, -0.1) is 6.42 Å². The Hall–Kier alpha value is -3.35. The lowest BCUT2D eigenvalue weighted by Crippen LogP contribution is -2.24.